The Bertz CT molecular complexity index is 799. The van der Waals surface area contributed by atoms with Crippen molar-refractivity contribution in [3.8, 4) is 5.75 Å². The van der Waals surface area contributed by atoms with E-state index >= 15 is 0 Å². The molecule has 1 aromatic carbocycles. The molecule has 0 saturated carbocycles. The molecule has 132 valence electrons. The van der Waals surface area contributed by atoms with Gasteiger partial charge in [0.25, 0.3) is 5.91 Å². The SMILES string of the molecule is CCOc1ccc2nc(NC(=O)COC(=O)C[C@H]3C=CCC3)sc2c1. The van der Waals surface area contributed by atoms with Crippen LogP contribution in [-0.2, 0) is 14.3 Å². The van der Waals surface area contributed by atoms with Gasteiger partial charge < -0.3 is 9.47 Å². The number of nitrogens with zero attached hydrogens (tertiary/aromatic N) is 1. The number of esters is 1. The van der Waals surface area contributed by atoms with Crippen molar-refractivity contribution in [2.24, 2.45) is 5.92 Å². The van der Waals surface area contributed by atoms with E-state index in [-0.39, 0.29) is 24.4 Å². The largest absolute Gasteiger partial charge is 0.494 e. The molecule has 1 N–H and O–H groups in total. The zero-order valence-corrected chi connectivity index (χ0v) is 14.8. The van der Waals surface area contributed by atoms with E-state index in [2.05, 4.69) is 16.4 Å². The van der Waals surface area contributed by atoms with Gasteiger partial charge in [-0.15, -0.1) is 0 Å². The second kappa shape index (κ2) is 8.11. The summed E-state index contributed by atoms with van der Waals surface area (Å²) in [5.74, 6) is 0.266. The minimum atomic E-state index is -0.389. The molecule has 0 bridgehead atoms. The molecule has 2 aromatic rings. The molecule has 1 amide bonds. The summed E-state index contributed by atoms with van der Waals surface area (Å²) in [4.78, 5) is 28.0. The number of ether oxygens (including phenoxy) is 2. The van der Waals surface area contributed by atoms with Gasteiger partial charge >= 0.3 is 5.97 Å². The first-order valence-electron chi connectivity index (χ1n) is 8.29. The first-order valence-corrected chi connectivity index (χ1v) is 9.11. The molecule has 0 saturated heterocycles. The smallest absolute Gasteiger partial charge is 0.306 e. The minimum Gasteiger partial charge on any atom is -0.494 e. The standard InChI is InChI=1S/C18H20N2O4S/c1-2-23-13-7-8-14-15(10-13)25-18(19-14)20-16(21)11-24-17(22)9-12-5-3-4-6-12/h3,5,7-8,10,12H,2,4,6,9,11H2,1H3,(H,19,20,21)/t12-/m0/s1. The van der Waals surface area contributed by atoms with Gasteiger partial charge in [0.05, 0.1) is 23.2 Å². The van der Waals surface area contributed by atoms with Crippen molar-refractivity contribution < 1.29 is 19.1 Å². The van der Waals surface area contributed by atoms with Crippen molar-refractivity contribution in [2.75, 3.05) is 18.5 Å². The Kier molecular flexibility index (Phi) is 5.65. The van der Waals surface area contributed by atoms with E-state index in [1.165, 1.54) is 11.3 Å². The van der Waals surface area contributed by atoms with E-state index in [0.29, 0.717) is 18.2 Å². The van der Waals surface area contributed by atoms with Crippen LogP contribution in [-0.4, -0.2) is 30.1 Å². The predicted molar refractivity (Wildman–Crippen MR) is 96.9 cm³/mol. The maximum absolute atomic E-state index is 11.9. The fraction of sp³-hybridized carbons (Fsp3) is 0.389. The van der Waals surface area contributed by atoms with E-state index in [1.54, 1.807) is 0 Å². The summed E-state index contributed by atoms with van der Waals surface area (Å²) in [5, 5.41) is 3.14. The van der Waals surface area contributed by atoms with Crippen LogP contribution >= 0.6 is 11.3 Å². The zero-order chi connectivity index (χ0) is 17.6. The van der Waals surface area contributed by atoms with Crippen LogP contribution in [0.3, 0.4) is 0 Å². The summed E-state index contributed by atoms with van der Waals surface area (Å²) in [5.41, 5.74) is 0.786. The van der Waals surface area contributed by atoms with Crippen LogP contribution in [0.25, 0.3) is 10.2 Å². The van der Waals surface area contributed by atoms with Gasteiger partial charge in [0.15, 0.2) is 11.7 Å². The number of hydrogen-bond donors (Lipinski definition) is 1. The number of carbonyl (C=O) groups excluding carboxylic acids is 2. The maximum atomic E-state index is 11.9. The normalized spacial score (nSPS) is 16.1. The van der Waals surface area contributed by atoms with Crippen molar-refractivity contribution in [3.05, 3.63) is 30.4 Å². The van der Waals surface area contributed by atoms with Crippen LogP contribution < -0.4 is 10.1 Å². The molecule has 0 spiro atoms. The van der Waals surface area contributed by atoms with Gasteiger partial charge in [-0.3, -0.25) is 14.9 Å². The molecule has 1 aliphatic rings. The Balaban J connectivity index is 1.51. The average molecular weight is 360 g/mol. The lowest BCUT2D eigenvalue weighted by molar-refractivity contribution is -0.147. The molecule has 1 atom stereocenters. The monoisotopic (exact) mass is 360 g/mol. The highest BCUT2D eigenvalue weighted by Crippen LogP contribution is 2.29. The maximum Gasteiger partial charge on any atom is 0.306 e. The molecule has 25 heavy (non-hydrogen) atoms. The number of allylic oxidation sites excluding steroid dienone is 2. The summed E-state index contributed by atoms with van der Waals surface area (Å²) in [6.45, 7) is 2.22. The summed E-state index contributed by atoms with van der Waals surface area (Å²) in [6, 6.07) is 5.58. The van der Waals surface area contributed by atoms with Gasteiger partial charge in [0.1, 0.15) is 5.75 Å². The van der Waals surface area contributed by atoms with Crippen molar-refractivity contribution in [1.82, 2.24) is 4.98 Å². The molecule has 3 rings (SSSR count). The number of fused-ring (bicyclic) bond motifs is 1. The highest BCUT2D eigenvalue weighted by molar-refractivity contribution is 7.22. The van der Waals surface area contributed by atoms with E-state index in [1.807, 2.05) is 31.2 Å². The van der Waals surface area contributed by atoms with E-state index in [0.717, 1.165) is 28.8 Å². The number of amides is 1. The highest BCUT2D eigenvalue weighted by Gasteiger charge is 2.16. The summed E-state index contributed by atoms with van der Waals surface area (Å²) in [6.07, 6.45) is 6.39. The molecule has 1 aliphatic carbocycles. The number of anilines is 1. The first kappa shape index (κ1) is 17.4. The van der Waals surface area contributed by atoms with Crippen molar-refractivity contribution >= 4 is 38.6 Å². The van der Waals surface area contributed by atoms with Crippen LogP contribution in [0.5, 0.6) is 5.75 Å². The highest BCUT2D eigenvalue weighted by atomic mass is 32.1. The van der Waals surface area contributed by atoms with Crippen molar-refractivity contribution in [2.45, 2.75) is 26.2 Å². The van der Waals surface area contributed by atoms with Crippen LogP contribution in [0.4, 0.5) is 5.13 Å². The van der Waals surface area contributed by atoms with Crippen LogP contribution in [0.15, 0.2) is 30.4 Å². The Morgan fingerprint density at radius 3 is 3.04 bits per heavy atom. The van der Waals surface area contributed by atoms with Gasteiger partial charge in [0, 0.05) is 0 Å². The number of rotatable bonds is 7. The number of aromatic nitrogens is 1. The third-order valence-corrected chi connectivity index (χ3v) is 4.76. The van der Waals surface area contributed by atoms with Gasteiger partial charge in [0.2, 0.25) is 0 Å². The fourth-order valence-corrected chi connectivity index (χ4v) is 3.57. The summed E-state index contributed by atoms with van der Waals surface area (Å²) in [7, 11) is 0. The summed E-state index contributed by atoms with van der Waals surface area (Å²) < 4.78 is 11.4. The second-order valence-corrected chi connectivity index (χ2v) is 6.79. The Labute approximate surface area is 149 Å². The van der Waals surface area contributed by atoms with Gasteiger partial charge in [-0.05, 0) is 43.9 Å². The van der Waals surface area contributed by atoms with Crippen molar-refractivity contribution in [3.63, 3.8) is 0 Å². The van der Waals surface area contributed by atoms with Gasteiger partial charge in [-0.1, -0.05) is 23.5 Å². The molecule has 6 nitrogen and oxygen atoms in total. The first-order chi connectivity index (χ1) is 12.1. The third kappa shape index (κ3) is 4.79. The number of nitrogens with one attached hydrogen (secondary N) is 1. The molecular formula is C18H20N2O4S. The van der Waals surface area contributed by atoms with E-state index < -0.39 is 0 Å². The molecule has 0 aliphatic heterocycles. The number of hydrogen-bond acceptors (Lipinski definition) is 6. The third-order valence-electron chi connectivity index (χ3n) is 3.82. The number of thiazole rings is 1. The topological polar surface area (TPSA) is 77.5 Å². The van der Waals surface area contributed by atoms with Gasteiger partial charge in [-0.2, -0.15) is 0 Å². The lowest BCUT2D eigenvalue weighted by Crippen LogP contribution is -2.21. The van der Waals surface area contributed by atoms with Crippen LogP contribution in [0.1, 0.15) is 26.2 Å². The number of benzene rings is 1. The number of carbonyl (C=O) groups is 2. The fourth-order valence-electron chi connectivity index (χ4n) is 2.65. The van der Waals surface area contributed by atoms with E-state index in [4.69, 9.17) is 9.47 Å². The lowest BCUT2D eigenvalue weighted by atomic mass is 10.1. The zero-order valence-electron chi connectivity index (χ0n) is 14.0. The average Bonchev–Trinajstić information content (AvgIpc) is 3.22. The second-order valence-electron chi connectivity index (χ2n) is 5.76. The lowest BCUT2D eigenvalue weighted by Gasteiger charge is -2.07. The van der Waals surface area contributed by atoms with E-state index in [9.17, 15) is 9.59 Å². The Morgan fingerprint density at radius 1 is 1.40 bits per heavy atom. The quantitative estimate of drug-likeness (QED) is 0.604. The van der Waals surface area contributed by atoms with Crippen LogP contribution in [0.2, 0.25) is 0 Å². The van der Waals surface area contributed by atoms with Gasteiger partial charge in [-0.25, -0.2) is 4.98 Å². The molecule has 0 fully saturated rings. The van der Waals surface area contributed by atoms with Crippen LogP contribution in [0, 0.1) is 5.92 Å². The Hall–Kier alpha value is -2.41. The molecule has 1 heterocycles. The molecule has 0 radical (unpaired) electrons. The molecular weight excluding hydrogens is 340 g/mol. The predicted octanol–water partition coefficient (Wildman–Crippen LogP) is 3.53. The molecule has 0 unspecified atom stereocenters. The molecule has 1 aromatic heterocycles. The summed E-state index contributed by atoms with van der Waals surface area (Å²) >= 11 is 1.35. The Morgan fingerprint density at radius 2 is 2.28 bits per heavy atom. The molecule has 7 heteroatoms. The van der Waals surface area contributed by atoms with Crippen molar-refractivity contribution in [1.29, 1.82) is 0 Å². The minimum absolute atomic E-state index is 0.236.